The Labute approximate surface area is 119 Å². The van der Waals surface area contributed by atoms with Gasteiger partial charge in [-0.05, 0) is 32.1 Å². The highest BCUT2D eigenvalue weighted by Crippen LogP contribution is 2.23. The van der Waals surface area contributed by atoms with Crippen molar-refractivity contribution < 1.29 is 4.74 Å². The first-order chi connectivity index (χ1) is 9.31. The van der Waals surface area contributed by atoms with Crippen molar-refractivity contribution in [2.75, 3.05) is 25.6 Å². The summed E-state index contributed by atoms with van der Waals surface area (Å²) in [6.07, 6.45) is 8.45. The summed E-state index contributed by atoms with van der Waals surface area (Å²) >= 11 is 6.12. The van der Waals surface area contributed by atoms with Crippen molar-refractivity contribution >= 4 is 17.4 Å². The van der Waals surface area contributed by atoms with E-state index in [0.717, 1.165) is 31.6 Å². The van der Waals surface area contributed by atoms with E-state index < -0.39 is 0 Å². The van der Waals surface area contributed by atoms with Crippen LogP contribution in [0.4, 0.5) is 5.82 Å². The van der Waals surface area contributed by atoms with Crippen LogP contribution in [0.5, 0.6) is 0 Å². The van der Waals surface area contributed by atoms with Gasteiger partial charge < -0.3 is 10.1 Å². The molecule has 4 nitrogen and oxygen atoms in total. The molecule has 0 saturated carbocycles. The average molecular weight is 284 g/mol. The number of aryl methyl sites for hydroxylation is 1. The fourth-order valence-electron chi connectivity index (χ4n) is 2.46. The highest BCUT2D eigenvalue weighted by atomic mass is 35.5. The van der Waals surface area contributed by atoms with Gasteiger partial charge in [0.1, 0.15) is 12.1 Å². The number of aromatic nitrogens is 2. The molecule has 0 aliphatic heterocycles. The maximum absolute atomic E-state index is 6.12. The summed E-state index contributed by atoms with van der Waals surface area (Å²) in [5, 5.41) is 3.45. The maximum Gasteiger partial charge on any atom is 0.132 e. The largest absolute Gasteiger partial charge is 0.383 e. The second-order valence-corrected chi connectivity index (χ2v) is 5.59. The van der Waals surface area contributed by atoms with E-state index in [1.165, 1.54) is 30.5 Å². The van der Waals surface area contributed by atoms with Crippen molar-refractivity contribution in [3.05, 3.63) is 17.6 Å². The van der Waals surface area contributed by atoms with Crippen LogP contribution in [0.25, 0.3) is 0 Å². The van der Waals surface area contributed by atoms with Gasteiger partial charge in [0.15, 0.2) is 0 Å². The molecule has 1 N–H and O–H groups in total. The average Bonchev–Trinajstić information content (AvgIpc) is 2.65. The Morgan fingerprint density at radius 2 is 2.16 bits per heavy atom. The number of hydrogen-bond donors (Lipinski definition) is 1. The number of hydrogen-bond acceptors (Lipinski definition) is 4. The Balaban J connectivity index is 1.93. The number of halogens is 1. The number of ether oxygens (including phenoxy) is 1. The quantitative estimate of drug-likeness (QED) is 0.644. The SMILES string of the molecule is COCC(Cl)CCNc1ncnc2c1CCCCC2. The van der Waals surface area contributed by atoms with Crippen LogP contribution < -0.4 is 5.32 Å². The van der Waals surface area contributed by atoms with E-state index in [0.29, 0.717) is 6.61 Å². The Bertz CT molecular complexity index is 400. The minimum atomic E-state index is 0.0536. The molecule has 1 atom stereocenters. The Kier molecular flexibility index (Phi) is 5.86. The third kappa shape index (κ3) is 4.32. The van der Waals surface area contributed by atoms with Crippen molar-refractivity contribution in [2.45, 2.75) is 43.9 Å². The van der Waals surface area contributed by atoms with E-state index in [1.54, 1.807) is 13.4 Å². The first kappa shape index (κ1) is 14.5. The summed E-state index contributed by atoms with van der Waals surface area (Å²) in [5.74, 6) is 0.994. The zero-order chi connectivity index (χ0) is 13.5. The molecule has 1 aromatic rings. The van der Waals surface area contributed by atoms with E-state index in [-0.39, 0.29) is 5.38 Å². The van der Waals surface area contributed by atoms with Crippen molar-refractivity contribution in [1.29, 1.82) is 0 Å². The smallest absolute Gasteiger partial charge is 0.132 e. The van der Waals surface area contributed by atoms with E-state index in [1.807, 2.05) is 0 Å². The van der Waals surface area contributed by atoms with Crippen LogP contribution in [-0.2, 0) is 17.6 Å². The minimum absolute atomic E-state index is 0.0536. The molecule has 0 saturated heterocycles. The minimum Gasteiger partial charge on any atom is -0.383 e. The van der Waals surface area contributed by atoms with Crippen LogP contribution in [0.2, 0.25) is 0 Å². The number of alkyl halides is 1. The van der Waals surface area contributed by atoms with Crippen LogP contribution in [0.3, 0.4) is 0 Å². The lowest BCUT2D eigenvalue weighted by atomic mass is 10.1. The summed E-state index contributed by atoms with van der Waals surface area (Å²) < 4.78 is 5.03. The molecule has 1 heterocycles. The number of methoxy groups -OCH3 is 1. The molecule has 5 heteroatoms. The summed E-state index contributed by atoms with van der Waals surface area (Å²) in [7, 11) is 1.67. The van der Waals surface area contributed by atoms with Gasteiger partial charge in [0, 0.05) is 24.9 Å². The molecule has 0 bridgehead atoms. The summed E-state index contributed by atoms with van der Waals surface area (Å²) in [4.78, 5) is 8.80. The van der Waals surface area contributed by atoms with Crippen molar-refractivity contribution in [1.82, 2.24) is 9.97 Å². The maximum atomic E-state index is 6.12. The molecule has 1 unspecified atom stereocenters. The van der Waals surface area contributed by atoms with Crippen LogP contribution >= 0.6 is 11.6 Å². The van der Waals surface area contributed by atoms with Gasteiger partial charge >= 0.3 is 0 Å². The van der Waals surface area contributed by atoms with Gasteiger partial charge in [0.25, 0.3) is 0 Å². The first-order valence-corrected chi connectivity index (χ1v) is 7.44. The highest BCUT2D eigenvalue weighted by Gasteiger charge is 2.14. The van der Waals surface area contributed by atoms with Crippen LogP contribution in [-0.4, -0.2) is 35.6 Å². The van der Waals surface area contributed by atoms with Gasteiger partial charge in [-0.25, -0.2) is 9.97 Å². The van der Waals surface area contributed by atoms with Gasteiger partial charge in [-0.2, -0.15) is 0 Å². The first-order valence-electron chi connectivity index (χ1n) is 7.01. The highest BCUT2D eigenvalue weighted by molar-refractivity contribution is 6.20. The molecule has 19 heavy (non-hydrogen) atoms. The molecular formula is C14H22ClN3O. The second kappa shape index (κ2) is 7.65. The van der Waals surface area contributed by atoms with Crippen LogP contribution in [0.15, 0.2) is 6.33 Å². The van der Waals surface area contributed by atoms with Crippen molar-refractivity contribution in [3.63, 3.8) is 0 Å². The third-order valence-electron chi connectivity index (χ3n) is 3.47. The lowest BCUT2D eigenvalue weighted by Crippen LogP contribution is -2.15. The zero-order valence-corrected chi connectivity index (χ0v) is 12.2. The van der Waals surface area contributed by atoms with Gasteiger partial charge in [-0.15, -0.1) is 11.6 Å². The third-order valence-corrected chi connectivity index (χ3v) is 3.82. The van der Waals surface area contributed by atoms with E-state index in [9.17, 15) is 0 Å². The summed E-state index contributed by atoms with van der Waals surface area (Å²) in [6, 6.07) is 0. The van der Waals surface area contributed by atoms with Crippen LogP contribution in [0, 0.1) is 0 Å². The molecule has 106 valence electrons. The normalized spacial score (nSPS) is 16.5. The number of nitrogens with one attached hydrogen (secondary N) is 1. The Hall–Kier alpha value is -0.870. The predicted octanol–water partition coefficient (Wildman–Crippen LogP) is 2.80. The molecule has 1 aromatic heterocycles. The zero-order valence-electron chi connectivity index (χ0n) is 11.5. The Morgan fingerprint density at radius 3 is 3.00 bits per heavy atom. The van der Waals surface area contributed by atoms with Gasteiger partial charge in [-0.1, -0.05) is 6.42 Å². The lowest BCUT2D eigenvalue weighted by molar-refractivity contribution is 0.196. The lowest BCUT2D eigenvalue weighted by Gasteiger charge is -2.13. The molecule has 0 amide bonds. The van der Waals surface area contributed by atoms with Crippen LogP contribution in [0.1, 0.15) is 36.9 Å². The fourth-order valence-corrected chi connectivity index (χ4v) is 2.70. The Morgan fingerprint density at radius 1 is 1.32 bits per heavy atom. The molecule has 1 aliphatic rings. The molecule has 0 spiro atoms. The van der Waals surface area contributed by atoms with Gasteiger partial charge in [0.05, 0.1) is 12.0 Å². The van der Waals surface area contributed by atoms with Crippen molar-refractivity contribution in [3.8, 4) is 0 Å². The molecule has 2 rings (SSSR count). The molecular weight excluding hydrogens is 262 g/mol. The summed E-state index contributed by atoms with van der Waals surface area (Å²) in [5.41, 5.74) is 2.52. The molecule has 0 fully saturated rings. The molecule has 1 aliphatic carbocycles. The van der Waals surface area contributed by atoms with E-state index in [4.69, 9.17) is 16.3 Å². The number of anilines is 1. The van der Waals surface area contributed by atoms with Gasteiger partial charge in [0.2, 0.25) is 0 Å². The standard InChI is InChI=1S/C14H22ClN3O/c1-19-9-11(15)7-8-16-14-12-5-3-2-4-6-13(12)17-10-18-14/h10-11H,2-9H2,1H3,(H,16,17,18). The van der Waals surface area contributed by atoms with E-state index in [2.05, 4.69) is 15.3 Å². The van der Waals surface area contributed by atoms with E-state index >= 15 is 0 Å². The monoisotopic (exact) mass is 283 g/mol. The number of rotatable bonds is 6. The fraction of sp³-hybridized carbons (Fsp3) is 0.714. The van der Waals surface area contributed by atoms with Crippen molar-refractivity contribution in [2.24, 2.45) is 0 Å². The summed E-state index contributed by atoms with van der Waals surface area (Å²) in [6.45, 7) is 1.41. The van der Waals surface area contributed by atoms with Gasteiger partial charge in [-0.3, -0.25) is 0 Å². The predicted molar refractivity (Wildman–Crippen MR) is 77.9 cm³/mol. The second-order valence-electron chi connectivity index (χ2n) is 4.98. The number of fused-ring (bicyclic) bond motifs is 1. The molecule has 0 aromatic carbocycles. The number of nitrogens with zero attached hydrogens (tertiary/aromatic N) is 2. The molecule has 0 radical (unpaired) electrons. The topological polar surface area (TPSA) is 47.0 Å².